The summed E-state index contributed by atoms with van der Waals surface area (Å²) in [5, 5.41) is 5.80. The lowest BCUT2D eigenvalue weighted by molar-refractivity contribution is -0.132. The van der Waals surface area contributed by atoms with Crippen LogP contribution in [-0.2, 0) is 14.3 Å². The second-order valence-corrected chi connectivity index (χ2v) is 12.0. The van der Waals surface area contributed by atoms with Gasteiger partial charge in [0.1, 0.15) is 17.5 Å². The van der Waals surface area contributed by atoms with Crippen molar-refractivity contribution in [2.45, 2.75) is 42.5 Å². The minimum absolute atomic E-state index is 0.136. The average molecular weight is 523 g/mol. The van der Waals surface area contributed by atoms with Crippen molar-refractivity contribution in [3.05, 3.63) is 71.3 Å². The van der Waals surface area contributed by atoms with Gasteiger partial charge < -0.3 is 20.3 Å². The molecule has 3 aliphatic heterocycles. The van der Waals surface area contributed by atoms with Crippen molar-refractivity contribution in [2.24, 2.45) is 0 Å². The summed E-state index contributed by atoms with van der Waals surface area (Å²) in [6, 6.07) is 15.2. The van der Waals surface area contributed by atoms with Gasteiger partial charge in [-0.25, -0.2) is 0 Å². The van der Waals surface area contributed by atoms with Gasteiger partial charge in [0.25, 0.3) is 5.91 Å². The number of nitrogens with zero attached hydrogens (tertiary/aromatic N) is 2. The Hall–Kier alpha value is -2.88. The Bertz CT molecular complexity index is 1150. The molecule has 8 nitrogen and oxygen atoms in total. The summed E-state index contributed by atoms with van der Waals surface area (Å²) in [7, 11) is 0. The van der Waals surface area contributed by atoms with Crippen LogP contribution >= 0.6 is 11.8 Å². The molecule has 0 spiro atoms. The van der Waals surface area contributed by atoms with Gasteiger partial charge in [-0.2, -0.15) is 0 Å². The SMILES string of the molecule is CC1(C)S[C@H]2c3ccccc3C(=O)N2[C@@H]1C(=O)N[C@H](C(=O)NCCCN1CCOCC1)c1ccccc1. The highest BCUT2D eigenvalue weighted by molar-refractivity contribution is 8.01. The third-order valence-electron chi connectivity index (χ3n) is 7.28. The number of fused-ring (bicyclic) bond motifs is 3. The van der Waals surface area contributed by atoms with Gasteiger partial charge in [-0.1, -0.05) is 48.5 Å². The molecule has 0 bridgehead atoms. The summed E-state index contributed by atoms with van der Waals surface area (Å²) in [5.74, 6) is -0.710. The average Bonchev–Trinajstić information content (AvgIpc) is 3.34. The summed E-state index contributed by atoms with van der Waals surface area (Å²) in [4.78, 5) is 44.5. The molecule has 3 aliphatic rings. The van der Waals surface area contributed by atoms with Gasteiger partial charge in [0, 0.05) is 29.9 Å². The molecule has 2 aromatic rings. The monoisotopic (exact) mass is 522 g/mol. The molecule has 2 saturated heterocycles. The summed E-state index contributed by atoms with van der Waals surface area (Å²) in [5.41, 5.74) is 2.29. The van der Waals surface area contributed by atoms with Crippen molar-refractivity contribution < 1.29 is 19.1 Å². The first-order valence-electron chi connectivity index (χ1n) is 12.9. The Morgan fingerprint density at radius 1 is 1.08 bits per heavy atom. The Morgan fingerprint density at radius 2 is 1.78 bits per heavy atom. The van der Waals surface area contributed by atoms with Crippen LogP contribution in [0.25, 0.3) is 0 Å². The highest BCUT2D eigenvalue weighted by Crippen LogP contribution is 2.56. The number of hydrogen-bond acceptors (Lipinski definition) is 6. The van der Waals surface area contributed by atoms with Crippen LogP contribution in [-0.4, -0.2) is 77.7 Å². The van der Waals surface area contributed by atoms with E-state index in [0.29, 0.717) is 17.7 Å². The van der Waals surface area contributed by atoms with Gasteiger partial charge in [-0.3, -0.25) is 19.3 Å². The lowest BCUT2D eigenvalue weighted by Crippen LogP contribution is -2.54. The van der Waals surface area contributed by atoms with Crippen LogP contribution in [0.3, 0.4) is 0 Å². The quantitative estimate of drug-likeness (QED) is 0.518. The second-order valence-electron chi connectivity index (χ2n) is 10.2. The van der Waals surface area contributed by atoms with Crippen LogP contribution in [0.5, 0.6) is 0 Å². The van der Waals surface area contributed by atoms with Gasteiger partial charge in [0.15, 0.2) is 0 Å². The molecule has 3 atom stereocenters. The topological polar surface area (TPSA) is 91.0 Å². The Balaban J connectivity index is 1.29. The maximum atomic E-state index is 13.8. The van der Waals surface area contributed by atoms with Gasteiger partial charge in [0.05, 0.1) is 13.2 Å². The van der Waals surface area contributed by atoms with Crippen LogP contribution in [0.2, 0.25) is 0 Å². The lowest BCUT2D eigenvalue weighted by atomic mass is 9.99. The molecule has 196 valence electrons. The van der Waals surface area contributed by atoms with Crippen molar-refractivity contribution in [3.63, 3.8) is 0 Å². The van der Waals surface area contributed by atoms with E-state index in [1.807, 2.05) is 68.4 Å². The Kier molecular flexibility index (Phi) is 7.55. The molecule has 0 aliphatic carbocycles. The first kappa shape index (κ1) is 25.8. The molecule has 0 radical (unpaired) electrons. The van der Waals surface area contributed by atoms with Crippen LogP contribution in [0.4, 0.5) is 0 Å². The lowest BCUT2D eigenvalue weighted by Gasteiger charge is -2.31. The fraction of sp³-hybridized carbons (Fsp3) is 0.464. The molecule has 5 rings (SSSR count). The number of amides is 3. The standard InChI is InChI=1S/C28H34N4O4S/c1-28(2)23(32-26(35)20-11-6-7-12-21(20)27(32)37-28)25(34)30-22(19-9-4-3-5-10-19)24(33)29-13-8-14-31-15-17-36-18-16-31/h3-7,9-12,22-23,27H,8,13-18H2,1-2H3,(H,29,33)(H,30,34)/t22-,23+,27-/m0/s1. The van der Waals surface area contributed by atoms with E-state index in [-0.39, 0.29) is 23.1 Å². The molecule has 2 aromatic carbocycles. The van der Waals surface area contributed by atoms with Crippen LogP contribution < -0.4 is 10.6 Å². The number of carbonyl (C=O) groups excluding carboxylic acids is 3. The molecule has 9 heteroatoms. The molecule has 3 amide bonds. The maximum Gasteiger partial charge on any atom is 0.256 e. The van der Waals surface area contributed by atoms with Gasteiger partial charge in [-0.05, 0) is 44.0 Å². The number of rotatable bonds is 8. The van der Waals surface area contributed by atoms with E-state index in [2.05, 4.69) is 15.5 Å². The van der Waals surface area contributed by atoms with E-state index in [4.69, 9.17) is 4.74 Å². The van der Waals surface area contributed by atoms with Crippen molar-refractivity contribution in [3.8, 4) is 0 Å². The Morgan fingerprint density at radius 3 is 2.54 bits per heavy atom. The predicted octanol–water partition coefficient (Wildman–Crippen LogP) is 2.73. The number of ether oxygens (including phenoxy) is 1. The number of benzene rings is 2. The van der Waals surface area contributed by atoms with Gasteiger partial charge >= 0.3 is 0 Å². The number of morpholine rings is 1. The van der Waals surface area contributed by atoms with E-state index in [0.717, 1.165) is 44.8 Å². The molecule has 3 heterocycles. The molecule has 37 heavy (non-hydrogen) atoms. The maximum absolute atomic E-state index is 13.8. The molecular weight excluding hydrogens is 488 g/mol. The molecular formula is C28H34N4O4S. The first-order valence-corrected chi connectivity index (χ1v) is 13.8. The summed E-state index contributed by atoms with van der Waals surface area (Å²) < 4.78 is 4.87. The largest absolute Gasteiger partial charge is 0.379 e. The zero-order chi connectivity index (χ0) is 26.0. The zero-order valence-electron chi connectivity index (χ0n) is 21.3. The molecule has 2 fully saturated rings. The normalized spacial score (nSPS) is 23.3. The van der Waals surface area contributed by atoms with E-state index in [9.17, 15) is 14.4 Å². The highest BCUT2D eigenvalue weighted by Gasteiger charge is 2.57. The highest BCUT2D eigenvalue weighted by atomic mass is 32.2. The van der Waals surface area contributed by atoms with E-state index < -0.39 is 16.8 Å². The number of carbonyl (C=O) groups is 3. The van der Waals surface area contributed by atoms with Gasteiger partial charge in [-0.15, -0.1) is 11.8 Å². The van der Waals surface area contributed by atoms with Crippen molar-refractivity contribution in [1.29, 1.82) is 0 Å². The minimum atomic E-state index is -0.850. The van der Waals surface area contributed by atoms with E-state index in [1.165, 1.54) is 0 Å². The predicted molar refractivity (Wildman–Crippen MR) is 143 cm³/mol. The molecule has 0 saturated carbocycles. The molecule has 0 unspecified atom stereocenters. The number of thioether (sulfide) groups is 1. The van der Waals surface area contributed by atoms with Crippen molar-refractivity contribution in [1.82, 2.24) is 20.4 Å². The Labute approximate surface area is 222 Å². The van der Waals surface area contributed by atoms with Crippen molar-refractivity contribution in [2.75, 3.05) is 39.4 Å². The molecule has 0 aromatic heterocycles. The first-order chi connectivity index (χ1) is 17.9. The summed E-state index contributed by atoms with van der Waals surface area (Å²) in [6.45, 7) is 8.68. The smallest absolute Gasteiger partial charge is 0.256 e. The van der Waals surface area contributed by atoms with Crippen LogP contribution in [0.1, 0.15) is 53.2 Å². The van der Waals surface area contributed by atoms with E-state index in [1.54, 1.807) is 16.7 Å². The third kappa shape index (κ3) is 5.26. The van der Waals surface area contributed by atoms with Crippen LogP contribution in [0.15, 0.2) is 54.6 Å². The molecule has 2 N–H and O–H groups in total. The third-order valence-corrected chi connectivity index (χ3v) is 8.82. The van der Waals surface area contributed by atoms with E-state index >= 15 is 0 Å². The zero-order valence-corrected chi connectivity index (χ0v) is 22.1. The second kappa shape index (κ2) is 10.8. The fourth-order valence-corrected chi connectivity index (χ4v) is 7.00. The van der Waals surface area contributed by atoms with Gasteiger partial charge in [0.2, 0.25) is 11.8 Å². The number of hydrogen-bond donors (Lipinski definition) is 2. The summed E-state index contributed by atoms with van der Waals surface area (Å²) >= 11 is 1.61. The fourth-order valence-electron chi connectivity index (χ4n) is 5.41. The van der Waals surface area contributed by atoms with Crippen molar-refractivity contribution >= 4 is 29.5 Å². The minimum Gasteiger partial charge on any atom is -0.379 e. The number of nitrogens with one attached hydrogen (secondary N) is 2. The summed E-state index contributed by atoms with van der Waals surface area (Å²) in [6.07, 6.45) is 0.815. The van der Waals surface area contributed by atoms with Crippen LogP contribution in [0, 0.1) is 0 Å².